The molecule has 0 unspecified atom stereocenters. The normalized spacial score (nSPS) is 11.6. The van der Waals surface area contributed by atoms with Crippen LogP contribution in [-0.2, 0) is 10.0 Å². The second-order valence-corrected chi connectivity index (χ2v) is 4.77. The number of sulfonamides is 1. The summed E-state index contributed by atoms with van der Waals surface area (Å²) in [5.74, 6) is -0.848. The molecule has 1 aromatic rings. The fraction of sp³-hybridized carbons (Fsp3) is 0.250. The standard InChI is InChI=1S/C8H8F2N2O5S/c1-4-2-5(12(13)14)3-6(17-8(9)10)7(4)18(11,15)16/h2-3,8H,1H3,(H2,11,15,16). The molecule has 0 aromatic heterocycles. The number of alkyl halides is 2. The van der Waals surface area contributed by atoms with Crippen LogP contribution in [-0.4, -0.2) is 20.0 Å². The molecular weight excluding hydrogens is 274 g/mol. The number of non-ortho nitro benzene ring substituents is 1. The third kappa shape index (κ3) is 3.11. The van der Waals surface area contributed by atoms with Gasteiger partial charge in [0, 0.05) is 6.07 Å². The molecule has 0 saturated carbocycles. The van der Waals surface area contributed by atoms with E-state index in [0.717, 1.165) is 6.07 Å². The van der Waals surface area contributed by atoms with Gasteiger partial charge >= 0.3 is 6.61 Å². The number of hydrogen-bond donors (Lipinski definition) is 1. The summed E-state index contributed by atoms with van der Waals surface area (Å²) in [6.45, 7) is -2.14. The van der Waals surface area contributed by atoms with Crippen LogP contribution >= 0.6 is 0 Å². The maximum absolute atomic E-state index is 12.1. The van der Waals surface area contributed by atoms with Crippen LogP contribution in [0.3, 0.4) is 0 Å². The van der Waals surface area contributed by atoms with Crippen LogP contribution in [0.15, 0.2) is 17.0 Å². The summed E-state index contributed by atoms with van der Waals surface area (Å²) in [5, 5.41) is 15.4. The second kappa shape index (κ2) is 4.82. The van der Waals surface area contributed by atoms with Crippen LogP contribution in [0.5, 0.6) is 5.75 Å². The quantitative estimate of drug-likeness (QED) is 0.657. The van der Waals surface area contributed by atoms with E-state index in [4.69, 9.17) is 5.14 Å². The van der Waals surface area contributed by atoms with Crippen molar-refractivity contribution in [3.63, 3.8) is 0 Å². The fourth-order valence-electron chi connectivity index (χ4n) is 1.38. The van der Waals surface area contributed by atoms with Crippen molar-refractivity contribution in [1.82, 2.24) is 0 Å². The Labute approximate surface area is 100 Å². The Bertz CT molecular complexity index is 587. The van der Waals surface area contributed by atoms with Gasteiger partial charge in [0.1, 0.15) is 4.90 Å². The molecule has 100 valence electrons. The third-order valence-corrected chi connectivity index (χ3v) is 3.03. The van der Waals surface area contributed by atoms with Gasteiger partial charge in [-0.15, -0.1) is 0 Å². The van der Waals surface area contributed by atoms with Crippen LogP contribution in [0.4, 0.5) is 14.5 Å². The van der Waals surface area contributed by atoms with Crippen molar-refractivity contribution in [3.8, 4) is 5.75 Å². The summed E-state index contributed by atoms with van der Waals surface area (Å²) in [6, 6.07) is 1.48. The van der Waals surface area contributed by atoms with Crippen molar-refractivity contribution in [2.45, 2.75) is 18.4 Å². The number of rotatable bonds is 4. The summed E-state index contributed by atoms with van der Waals surface area (Å²) in [5.41, 5.74) is -0.724. The van der Waals surface area contributed by atoms with Gasteiger partial charge < -0.3 is 4.74 Å². The van der Waals surface area contributed by atoms with E-state index < -0.39 is 37.9 Å². The van der Waals surface area contributed by atoms with Gasteiger partial charge in [0.15, 0.2) is 5.75 Å². The summed E-state index contributed by atoms with van der Waals surface area (Å²) >= 11 is 0. The Morgan fingerprint density at radius 2 is 2.00 bits per heavy atom. The highest BCUT2D eigenvalue weighted by Gasteiger charge is 2.24. The number of hydrogen-bond acceptors (Lipinski definition) is 5. The number of nitro benzene ring substituents is 1. The fourth-order valence-corrected chi connectivity index (χ4v) is 2.27. The van der Waals surface area contributed by atoms with E-state index >= 15 is 0 Å². The van der Waals surface area contributed by atoms with Gasteiger partial charge in [0.05, 0.1) is 11.0 Å². The lowest BCUT2D eigenvalue weighted by atomic mass is 10.2. The van der Waals surface area contributed by atoms with Crippen molar-refractivity contribution in [1.29, 1.82) is 0 Å². The lowest BCUT2D eigenvalue weighted by molar-refractivity contribution is -0.385. The zero-order chi connectivity index (χ0) is 14.1. The summed E-state index contributed by atoms with van der Waals surface area (Å²) in [4.78, 5) is 8.97. The van der Waals surface area contributed by atoms with Gasteiger partial charge in [-0.1, -0.05) is 0 Å². The topological polar surface area (TPSA) is 113 Å². The van der Waals surface area contributed by atoms with Gasteiger partial charge in [-0.25, -0.2) is 13.6 Å². The second-order valence-electron chi connectivity index (χ2n) is 3.27. The molecule has 10 heteroatoms. The minimum absolute atomic E-state index is 0.151. The molecule has 7 nitrogen and oxygen atoms in total. The van der Waals surface area contributed by atoms with Gasteiger partial charge in [0.2, 0.25) is 10.0 Å². The number of ether oxygens (including phenoxy) is 1. The summed E-state index contributed by atoms with van der Waals surface area (Å²) < 4.78 is 50.6. The first-order chi connectivity index (χ1) is 8.12. The van der Waals surface area contributed by atoms with Gasteiger partial charge in [-0.2, -0.15) is 8.78 Å². The molecule has 0 radical (unpaired) electrons. The van der Waals surface area contributed by atoms with Crippen molar-refractivity contribution in [2.75, 3.05) is 0 Å². The number of nitrogens with zero attached hydrogens (tertiary/aromatic N) is 1. The molecule has 18 heavy (non-hydrogen) atoms. The first-order valence-corrected chi connectivity index (χ1v) is 5.94. The first kappa shape index (κ1) is 14.3. The highest BCUT2D eigenvalue weighted by Crippen LogP contribution is 2.32. The molecule has 0 atom stereocenters. The molecule has 0 aliphatic carbocycles. The first-order valence-electron chi connectivity index (χ1n) is 4.39. The molecule has 0 fully saturated rings. The van der Waals surface area contributed by atoms with Crippen molar-refractivity contribution < 1.29 is 26.9 Å². The molecule has 0 heterocycles. The molecule has 0 aliphatic rings. The SMILES string of the molecule is Cc1cc([N+](=O)[O-])cc(OC(F)F)c1S(N)(=O)=O. The van der Waals surface area contributed by atoms with Crippen molar-refractivity contribution in [3.05, 3.63) is 27.8 Å². The maximum atomic E-state index is 12.1. The van der Waals surface area contributed by atoms with Gasteiger partial charge in [-0.05, 0) is 12.5 Å². The average molecular weight is 282 g/mol. The van der Waals surface area contributed by atoms with Crippen LogP contribution in [0.2, 0.25) is 0 Å². The highest BCUT2D eigenvalue weighted by atomic mass is 32.2. The Kier molecular flexibility index (Phi) is 3.82. The number of nitrogens with two attached hydrogens (primary N) is 1. The van der Waals surface area contributed by atoms with E-state index in [2.05, 4.69) is 4.74 Å². The lowest BCUT2D eigenvalue weighted by Crippen LogP contribution is -2.17. The molecule has 1 rings (SSSR count). The van der Waals surface area contributed by atoms with E-state index in [1.807, 2.05) is 0 Å². The van der Waals surface area contributed by atoms with E-state index in [1.54, 1.807) is 0 Å². The van der Waals surface area contributed by atoms with E-state index in [0.29, 0.717) is 6.07 Å². The van der Waals surface area contributed by atoms with Crippen LogP contribution in [0.25, 0.3) is 0 Å². The average Bonchev–Trinajstić information content (AvgIpc) is 2.12. The number of halogens is 2. The molecular formula is C8H8F2N2O5S. The Balaban J connectivity index is 3.55. The summed E-state index contributed by atoms with van der Waals surface area (Å²) in [7, 11) is -4.33. The minimum atomic E-state index is -4.33. The monoisotopic (exact) mass is 282 g/mol. The van der Waals surface area contributed by atoms with Gasteiger partial charge in [-0.3, -0.25) is 10.1 Å². The Hall–Kier alpha value is -1.81. The van der Waals surface area contributed by atoms with Crippen molar-refractivity contribution in [2.24, 2.45) is 5.14 Å². The third-order valence-electron chi connectivity index (χ3n) is 1.94. The smallest absolute Gasteiger partial charge is 0.387 e. The number of benzene rings is 1. The van der Waals surface area contributed by atoms with Crippen LogP contribution in [0, 0.1) is 17.0 Å². The molecule has 0 spiro atoms. The van der Waals surface area contributed by atoms with Crippen molar-refractivity contribution >= 4 is 15.7 Å². The van der Waals surface area contributed by atoms with E-state index in [1.165, 1.54) is 6.92 Å². The van der Waals surface area contributed by atoms with Crippen LogP contribution < -0.4 is 9.88 Å². The molecule has 1 aromatic carbocycles. The Morgan fingerprint density at radius 1 is 1.44 bits per heavy atom. The van der Waals surface area contributed by atoms with Gasteiger partial charge in [0.25, 0.3) is 5.69 Å². The number of primary sulfonamides is 1. The molecule has 0 saturated heterocycles. The minimum Gasteiger partial charge on any atom is -0.433 e. The molecule has 0 aliphatic heterocycles. The highest BCUT2D eigenvalue weighted by molar-refractivity contribution is 7.89. The number of aryl methyl sites for hydroxylation is 1. The molecule has 0 amide bonds. The predicted molar refractivity (Wildman–Crippen MR) is 55.8 cm³/mol. The predicted octanol–water partition coefficient (Wildman–Crippen LogP) is 1.15. The summed E-state index contributed by atoms with van der Waals surface area (Å²) in [6.07, 6.45) is 0. The maximum Gasteiger partial charge on any atom is 0.387 e. The van der Waals surface area contributed by atoms with Crippen LogP contribution in [0.1, 0.15) is 5.56 Å². The zero-order valence-corrected chi connectivity index (χ0v) is 9.78. The molecule has 0 bridgehead atoms. The van der Waals surface area contributed by atoms with E-state index in [-0.39, 0.29) is 5.56 Å². The largest absolute Gasteiger partial charge is 0.433 e. The molecule has 2 N–H and O–H groups in total. The Morgan fingerprint density at radius 3 is 2.39 bits per heavy atom. The number of nitro groups is 1. The van der Waals surface area contributed by atoms with E-state index in [9.17, 15) is 27.3 Å². The lowest BCUT2D eigenvalue weighted by Gasteiger charge is -2.11. The zero-order valence-electron chi connectivity index (χ0n) is 8.96.